The molecule has 4 heterocycles. The van der Waals surface area contributed by atoms with Crippen LogP contribution in [-0.4, -0.2) is 44.3 Å². The van der Waals surface area contributed by atoms with E-state index >= 15 is 0 Å². The Labute approximate surface area is 348 Å². The van der Waals surface area contributed by atoms with Gasteiger partial charge in [0.25, 0.3) is 0 Å². The highest BCUT2D eigenvalue weighted by Crippen LogP contribution is 2.35. The van der Waals surface area contributed by atoms with Gasteiger partial charge in [-0.25, -0.2) is 14.2 Å². The Morgan fingerprint density at radius 1 is 0.667 bits per heavy atom. The molecule has 0 radical (unpaired) electrons. The number of rotatable bonds is 8. The van der Waals surface area contributed by atoms with Gasteiger partial charge in [-0.05, 0) is 118 Å². The fraction of sp³-hybridized carbons (Fsp3) is 0.279. The average Bonchev–Trinajstić information content (AvgIpc) is 4.01. The number of aromatic nitrogens is 4. The minimum atomic E-state index is -4.56. The molecule has 60 heavy (non-hydrogen) atoms. The molecule has 0 atom stereocenters. The highest BCUT2D eigenvalue weighted by molar-refractivity contribution is 5.90. The molecule has 6 aromatic rings. The summed E-state index contributed by atoms with van der Waals surface area (Å²) in [6.07, 6.45) is -7.93. The molecular weight excluding hydrogens is 814 g/mol. The Kier molecular flexibility index (Phi) is 12.7. The second-order valence-electron chi connectivity index (χ2n) is 14.8. The van der Waals surface area contributed by atoms with Crippen molar-refractivity contribution in [2.75, 3.05) is 23.3 Å². The Hall–Kier alpha value is -6.16. The van der Waals surface area contributed by atoms with Gasteiger partial charge < -0.3 is 19.5 Å². The number of fused-ring (bicyclic) bond motifs is 2. The van der Waals surface area contributed by atoms with Crippen LogP contribution in [0, 0.1) is 0 Å². The van der Waals surface area contributed by atoms with Crippen molar-refractivity contribution in [1.82, 2.24) is 19.6 Å². The van der Waals surface area contributed by atoms with Crippen molar-refractivity contribution in [3.63, 3.8) is 0 Å². The van der Waals surface area contributed by atoms with E-state index in [-0.39, 0.29) is 37.0 Å². The summed E-state index contributed by atoms with van der Waals surface area (Å²) in [6, 6.07) is 29.3. The molecule has 8 rings (SSSR count). The third-order valence-electron chi connectivity index (χ3n) is 9.22. The summed E-state index contributed by atoms with van der Waals surface area (Å²) < 4.78 is 99.2. The molecule has 10 nitrogen and oxygen atoms in total. The molecule has 0 unspecified atom stereocenters. The number of hydrogen-bond acceptors (Lipinski definition) is 7. The van der Waals surface area contributed by atoms with Gasteiger partial charge in [0.05, 0.1) is 17.1 Å². The zero-order valence-electron chi connectivity index (χ0n) is 32.7. The zero-order chi connectivity index (χ0) is 42.0. The van der Waals surface area contributed by atoms with E-state index in [1.165, 1.54) is 0 Å². The second kappa shape index (κ2) is 17.6. The molecule has 0 aliphatic carbocycles. The lowest BCUT2D eigenvalue weighted by Crippen LogP contribution is -2.35. The van der Waals surface area contributed by atoms with Crippen LogP contribution in [0.5, 0.6) is 11.5 Å². The first-order valence-electron chi connectivity index (χ1n) is 18.7. The van der Waals surface area contributed by atoms with Crippen LogP contribution in [0.25, 0.3) is 11.4 Å². The van der Waals surface area contributed by atoms with Crippen LogP contribution in [0.4, 0.5) is 42.5 Å². The first-order chi connectivity index (χ1) is 28.0. The van der Waals surface area contributed by atoms with Crippen molar-refractivity contribution < 1.29 is 45.3 Å². The summed E-state index contributed by atoms with van der Waals surface area (Å²) in [5, 5.41) is 11.5. The molecule has 2 aromatic heterocycles. The number of nitrogens with zero attached hydrogens (tertiary/aromatic N) is 5. The van der Waals surface area contributed by atoms with Crippen molar-refractivity contribution in [3.8, 4) is 22.9 Å². The lowest BCUT2D eigenvalue weighted by atomic mass is 10.1. The van der Waals surface area contributed by atoms with Gasteiger partial charge in [0.2, 0.25) is 0 Å². The average molecular weight is 855 g/mol. The molecule has 0 saturated carbocycles. The summed E-state index contributed by atoms with van der Waals surface area (Å²) in [5.41, 5.74) is 2.63. The van der Waals surface area contributed by atoms with Crippen molar-refractivity contribution in [2.45, 2.75) is 64.8 Å². The van der Waals surface area contributed by atoms with E-state index in [1.54, 1.807) is 89.8 Å². The number of para-hydroxylation sites is 2. The monoisotopic (exact) mass is 854 g/mol. The van der Waals surface area contributed by atoms with Gasteiger partial charge in [0.15, 0.2) is 0 Å². The number of anilines is 2. The van der Waals surface area contributed by atoms with E-state index in [1.807, 2.05) is 32.9 Å². The largest absolute Gasteiger partial charge is 0.487 e. The Bertz CT molecular complexity index is 2410. The maximum atomic E-state index is 13.5. The number of benzene rings is 4. The summed E-state index contributed by atoms with van der Waals surface area (Å²) in [5.74, 6) is 1.11. The molecule has 17 heteroatoms. The first kappa shape index (κ1) is 43.4. The molecule has 2 aliphatic heterocycles. The van der Waals surface area contributed by atoms with E-state index in [2.05, 4.69) is 15.5 Å². The number of amides is 1. The molecule has 0 fully saturated rings. The summed E-state index contributed by atoms with van der Waals surface area (Å²) in [4.78, 5) is 14.0. The standard InChI is InChI=1S/C24H24F3N3O3.C19H16F3N3O.ClH/c1-23(2,3)33-22(31)29-12-11-16-13-19(9-10-20(16)29)32-15-17-14-21(24(25,26)27)30(28-17)18-7-5-4-6-8-18;20-19(21,22)18-11-14(24-25(18)15-4-2-1-3-5-15)12-26-16-6-7-17-13(10-16)8-9-23-17;/h4-10,13-14H,11-12,15H2,1-3H3;1-7,10-11,23H,8-9,12H2;1H. The molecule has 316 valence electrons. The van der Waals surface area contributed by atoms with Gasteiger partial charge in [-0.3, -0.25) is 4.90 Å². The SMILES string of the molecule is CC(C)(C)OC(=O)N1CCc2cc(OCc3cc(C(F)(F)F)n(-c4ccccc4)n3)ccc21.Cl.FC(F)(F)c1cc(COc2ccc3c(c2)CCN3)nn1-c1ccccc1. The fourth-order valence-corrected chi connectivity index (χ4v) is 6.60. The van der Waals surface area contributed by atoms with Crippen LogP contribution >= 0.6 is 12.4 Å². The molecule has 2 aliphatic rings. The Morgan fingerprint density at radius 2 is 1.17 bits per heavy atom. The van der Waals surface area contributed by atoms with E-state index in [9.17, 15) is 31.1 Å². The highest BCUT2D eigenvalue weighted by Gasteiger charge is 2.37. The van der Waals surface area contributed by atoms with Gasteiger partial charge in [-0.2, -0.15) is 36.5 Å². The van der Waals surface area contributed by atoms with E-state index in [0.717, 1.165) is 57.0 Å². The van der Waals surface area contributed by atoms with Crippen molar-refractivity contribution >= 4 is 29.9 Å². The number of halogens is 7. The van der Waals surface area contributed by atoms with E-state index in [0.29, 0.717) is 35.8 Å². The lowest BCUT2D eigenvalue weighted by Gasteiger charge is -2.24. The zero-order valence-corrected chi connectivity index (χ0v) is 33.5. The molecule has 0 spiro atoms. The van der Waals surface area contributed by atoms with Crippen LogP contribution in [0.3, 0.4) is 0 Å². The summed E-state index contributed by atoms with van der Waals surface area (Å²) >= 11 is 0. The minimum Gasteiger partial charge on any atom is -0.487 e. The third kappa shape index (κ3) is 10.3. The Morgan fingerprint density at radius 3 is 1.67 bits per heavy atom. The number of carbonyl (C=O) groups is 1. The highest BCUT2D eigenvalue weighted by atomic mass is 35.5. The minimum absolute atomic E-state index is 0. The van der Waals surface area contributed by atoms with Gasteiger partial charge in [0.1, 0.15) is 53.1 Å². The van der Waals surface area contributed by atoms with Crippen LogP contribution in [0.15, 0.2) is 109 Å². The van der Waals surface area contributed by atoms with Crippen molar-refractivity contribution in [3.05, 3.63) is 143 Å². The maximum absolute atomic E-state index is 13.5. The lowest BCUT2D eigenvalue weighted by molar-refractivity contribution is -0.143. The number of ether oxygens (including phenoxy) is 3. The quantitative estimate of drug-likeness (QED) is 0.152. The summed E-state index contributed by atoms with van der Waals surface area (Å²) in [6.45, 7) is 6.64. The predicted octanol–water partition coefficient (Wildman–Crippen LogP) is 10.6. The molecule has 1 amide bonds. The van der Waals surface area contributed by atoms with Gasteiger partial charge in [0, 0.05) is 18.8 Å². The van der Waals surface area contributed by atoms with Crippen molar-refractivity contribution in [2.24, 2.45) is 0 Å². The molecule has 4 aromatic carbocycles. The number of carbonyl (C=O) groups excluding carboxylic acids is 1. The molecular formula is C43H41ClF6N6O4. The molecule has 0 saturated heterocycles. The van der Waals surface area contributed by atoms with Gasteiger partial charge in [-0.15, -0.1) is 12.4 Å². The molecule has 1 N–H and O–H groups in total. The van der Waals surface area contributed by atoms with Gasteiger partial charge >= 0.3 is 18.4 Å². The van der Waals surface area contributed by atoms with Crippen LogP contribution in [0.1, 0.15) is 54.7 Å². The second-order valence-corrected chi connectivity index (χ2v) is 14.8. The first-order valence-corrected chi connectivity index (χ1v) is 18.7. The number of nitrogens with one attached hydrogen (secondary N) is 1. The van der Waals surface area contributed by atoms with Crippen molar-refractivity contribution in [1.29, 1.82) is 0 Å². The van der Waals surface area contributed by atoms with Crippen LogP contribution < -0.4 is 19.7 Å². The number of hydrogen-bond donors (Lipinski definition) is 1. The van der Waals surface area contributed by atoms with Gasteiger partial charge in [-0.1, -0.05) is 36.4 Å². The number of alkyl halides is 6. The summed E-state index contributed by atoms with van der Waals surface area (Å²) in [7, 11) is 0. The normalized spacial score (nSPS) is 13.3. The van der Waals surface area contributed by atoms with Crippen LogP contribution in [0.2, 0.25) is 0 Å². The third-order valence-corrected chi connectivity index (χ3v) is 9.22. The topological polar surface area (TPSA) is 95.7 Å². The molecule has 0 bridgehead atoms. The Balaban J connectivity index is 0.000000203. The van der Waals surface area contributed by atoms with E-state index < -0.39 is 35.4 Å². The fourth-order valence-electron chi connectivity index (χ4n) is 6.60. The predicted molar refractivity (Wildman–Crippen MR) is 215 cm³/mol. The van der Waals surface area contributed by atoms with E-state index in [4.69, 9.17) is 14.2 Å². The smallest absolute Gasteiger partial charge is 0.433 e. The van der Waals surface area contributed by atoms with Crippen LogP contribution in [-0.2, 0) is 43.1 Å². The maximum Gasteiger partial charge on any atom is 0.433 e.